The number of rotatable bonds is 5. The molecular weight excluding hydrogens is 290 g/mol. The number of aromatic nitrogens is 2. The van der Waals surface area contributed by atoms with Gasteiger partial charge in [-0.3, -0.25) is 0 Å². The van der Waals surface area contributed by atoms with Crippen LogP contribution >= 0.6 is 11.3 Å². The van der Waals surface area contributed by atoms with Gasteiger partial charge in [-0.05, 0) is 26.0 Å². The summed E-state index contributed by atoms with van der Waals surface area (Å²) < 4.78 is 0. The predicted molar refractivity (Wildman–Crippen MR) is 94.3 cm³/mol. The molecule has 0 amide bonds. The van der Waals surface area contributed by atoms with E-state index in [1.165, 1.54) is 0 Å². The number of pyridine rings is 1. The molecule has 0 N–H and O–H groups in total. The Morgan fingerprint density at radius 3 is 2.50 bits per heavy atom. The number of thiazole rings is 1. The molecule has 0 bridgehead atoms. The Morgan fingerprint density at radius 2 is 1.77 bits per heavy atom. The smallest absolute Gasteiger partial charge is 0.129 e. The molecule has 3 nitrogen and oxygen atoms in total. The fourth-order valence-electron chi connectivity index (χ4n) is 2.42. The molecule has 0 atom stereocenters. The van der Waals surface area contributed by atoms with Crippen molar-refractivity contribution in [3.05, 3.63) is 54.0 Å². The monoisotopic (exact) mass is 309 g/mol. The van der Waals surface area contributed by atoms with Gasteiger partial charge in [0.1, 0.15) is 10.8 Å². The van der Waals surface area contributed by atoms with Gasteiger partial charge in [0.15, 0.2) is 0 Å². The number of hydrogen-bond acceptors (Lipinski definition) is 4. The Bertz CT molecular complexity index is 733. The number of nitrogens with zero attached hydrogens (tertiary/aromatic N) is 3. The van der Waals surface area contributed by atoms with Crippen molar-refractivity contribution < 1.29 is 0 Å². The average molecular weight is 309 g/mol. The molecule has 3 rings (SSSR count). The van der Waals surface area contributed by atoms with Crippen LogP contribution in [-0.2, 0) is 0 Å². The van der Waals surface area contributed by atoms with Crippen molar-refractivity contribution in [2.45, 2.75) is 13.8 Å². The van der Waals surface area contributed by atoms with E-state index in [1.807, 2.05) is 30.5 Å². The third kappa shape index (κ3) is 3.02. The molecule has 2 heterocycles. The van der Waals surface area contributed by atoms with Crippen LogP contribution in [0.1, 0.15) is 13.8 Å². The summed E-state index contributed by atoms with van der Waals surface area (Å²) in [7, 11) is 0. The third-order valence-corrected chi connectivity index (χ3v) is 4.54. The fraction of sp³-hybridized carbons (Fsp3) is 0.222. The largest absolute Gasteiger partial charge is 0.357 e. The minimum Gasteiger partial charge on any atom is -0.357 e. The van der Waals surface area contributed by atoms with Gasteiger partial charge in [-0.15, -0.1) is 11.3 Å². The molecule has 4 heteroatoms. The van der Waals surface area contributed by atoms with Crippen LogP contribution in [-0.4, -0.2) is 23.1 Å². The normalized spacial score (nSPS) is 10.6. The van der Waals surface area contributed by atoms with Crippen LogP contribution in [0.25, 0.3) is 21.8 Å². The molecule has 0 fully saturated rings. The van der Waals surface area contributed by atoms with Crippen LogP contribution in [0.15, 0.2) is 54.0 Å². The van der Waals surface area contributed by atoms with Crippen LogP contribution in [0.3, 0.4) is 0 Å². The highest BCUT2D eigenvalue weighted by molar-refractivity contribution is 7.13. The molecular formula is C18H19N3S. The second-order valence-electron chi connectivity index (χ2n) is 4.98. The zero-order valence-electron chi connectivity index (χ0n) is 12.9. The molecule has 3 aromatic rings. The molecule has 0 radical (unpaired) electrons. The number of hydrogen-bond donors (Lipinski definition) is 0. The van der Waals surface area contributed by atoms with Crippen molar-refractivity contribution in [3.8, 4) is 21.8 Å². The Balaban J connectivity index is 1.92. The van der Waals surface area contributed by atoms with Gasteiger partial charge < -0.3 is 4.90 Å². The van der Waals surface area contributed by atoms with Gasteiger partial charge in [0, 0.05) is 35.8 Å². The Kier molecular flexibility index (Phi) is 4.49. The first kappa shape index (κ1) is 14.7. The lowest BCUT2D eigenvalue weighted by atomic mass is 10.2. The molecule has 112 valence electrons. The van der Waals surface area contributed by atoms with Gasteiger partial charge in [0.25, 0.3) is 0 Å². The van der Waals surface area contributed by atoms with Gasteiger partial charge in [-0.25, -0.2) is 9.97 Å². The lowest BCUT2D eigenvalue weighted by Gasteiger charge is -2.19. The Morgan fingerprint density at radius 1 is 1.00 bits per heavy atom. The van der Waals surface area contributed by atoms with E-state index in [9.17, 15) is 0 Å². The van der Waals surface area contributed by atoms with Gasteiger partial charge in [-0.2, -0.15) is 0 Å². The zero-order chi connectivity index (χ0) is 15.4. The summed E-state index contributed by atoms with van der Waals surface area (Å²) in [5.74, 6) is 1.01. The molecule has 0 saturated carbocycles. The molecule has 0 aliphatic heterocycles. The summed E-state index contributed by atoms with van der Waals surface area (Å²) in [6, 6.07) is 14.4. The molecule has 0 unspecified atom stereocenters. The van der Waals surface area contributed by atoms with Gasteiger partial charge >= 0.3 is 0 Å². The van der Waals surface area contributed by atoms with Crippen molar-refractivity contribution in [2.75, 3.05) is 18.0 Å². The average Bonchev–Trinajstić information content (AvgIpc) is 3.07. The first-order valence-electron chi connectivity index (χ1n) is 7.54. The van der Waals surface area contributed by atoms with Gasteiger partial charge in [0.2, 0.25) is 0 Å². The summed E-state index contributed by atoms with van der Waals surface area (Å²) >= 11 is 1.68. The summed E-state index contributed by atoms with van der Waals surface area (Å²) in [5.41, 5.74) is 3.31. The van der Waals surface area contributed by atoms with E-state index in [-0.39, 0.29) is 0 Å². The zero-order valence-corrected chi connectivity index (χ0v) is 13.7. The highest BCUT2D eigenvalue weighted by Gasteiger charge is 2.09. The van der Waals surface area contributed by atoms with Crippen molar-refractivity contribution in [2.24, 2.45) is 0 Å². The maximum Gasteiger partial charge on any atom is 0.129 e. The second kappa shape index (κ2) is 6.71. The van der Waals surface area contributed by atoms with E-state index in [1.54, 1.807) is 11.3 Å². The lowest BCUT2D eigenvalue weighted by Crippen LogP contribution is -2.22. The van der Waals surface area contributed by atoms with E-state index in [0.717, 1.165) is 40.7 Å². The molecule has 0 saturated heterocycles. The van der Waals surface area contributed by atoms with Crippen LogP contribution in [0, 0.1) is 0 Å². The molecule has 22 heavy (non-hydrogen) atoms. The maximum atomic E-state index is 4.78. The standard InChI is InChI=1S/C18H19N3S/c1-3-21(4-2)17-12-15(10-11-19-17)18-20-16(13-22-18)14-8-6-5-7-9-14/h5-13H,3-4H2,1-2H3. The highest BCUT2D eigenvalue weighted by Crippen LogP contribution is 2.30. The molecule has 1 aromatic carbocycles. The lowest BCUT2D eigenvalue weighted by molar-refractivity contribution is 0.846. The van der Waals surface area contributed by atoms with Crippen molar-refractivity contribution in [1.82, 2.24) is 9.97 Å². The quantitative estimate of drug-likeness (QED) is 0.683. The van der Waals surface area contributed by atoms with Gasteiger partial charge in [0.05, 0.1) is 5.69 Å². The number of anilines is 1. The minimum absolute atomic E-state index is 0.958. The van der Waals surface area contributed by atoms with Crippen LogP contribution in [0.2, 0.25) is 0 Å². The molecule has 0 spiro atoms. The van der Waals surface area contributed by atoms with Crippen LogP contribution in [0.4, 0.5) is 5.82 Å². The summed E-state index contributed by atoms with van der Waals surface area (Å²) in [4.78, 5) is 11.5. The van der Waals surface area contributed by atoms with Crippen molar-refractivity contribution in [1.29, 1.82) is 0 Å². The molecule has 0 aliphatic rings. The van der Waals surface area contributed by atoms with Crippen LogP contribution < -0.4 is 4.90 Å². The Hall–Kier alpha value is -2.20. The third-order valence-electron chi connectivity index (χ3n) is 3.65. The van der Waals surface area contributed by atoms with Crippen LogP contribution in [0.5, 0.6) is 0 Å². The second-order valence-corrected chi connectivity index (χ2v) is 5.84. The highest BCUT2D eigenvalue weighted by atomic mass is 32.1. The van der Waals surface area contributed by atoms with E-state index >= 15 is 0 Å². The maximum absolute atomic E-state index is 4.78. The van der Waals surface area contributed by atoms with E-state index < -0.39 is 0 Å². The summed E-state index contributed by atoms with van der Waals surface area (Å²) in [6.45, 7) is 6.21. The van der Waals surface area contributed by atoms with E-state index in [0.29, 0.717) is 0 Å². The first-order valence-corrected chi connectivity index (χ1v) is 8.42. The topological polar surface area (TPSA) is 29.0 Å². The fourth-order valence-corrected chi connectivity index (χ4v) is 3.25. The van der Waals surface area contributed by atoms with Crippen molar-refractivity contribution in [3.63, 3.8) is 0 Å². The summed E-state index contributed by atoms with van der Waals surface area (Å²) in [5, 5.41) is 3.15. The summed E-state index contributed by atoms with van der Waals surface area (Å²) in [6.07, 6.45) is 1.87. The Labute approximate surface area is 135 Å². The minimum atomic E-state index is 0.958. The van der Waals surface area contributed by atoms with Crippen molar-refractivity contribution >= 4 is 17.2 Å². The molecule has 0 aliphatic carbocycles. The predicted octanol–water partition coefficient (Wildman–Crippen LogP) is 4.72. The van der Waals surface area contributed by atoms with E-state index in [2.05, 4.69) is 47.3 Å². The van der Waals surface area contributed by atoms with Gasteiger partial charge in [-0.1, -0.05) is 30.3 Å². The molecule has 2 aromatic heterocycles. The number of benzene rings is 1. The SMILES string of the molecule is CCN(CC)c1cc(-c2nc(-c3ccccc3)cs2)ccn1. The van der Waals surface area contributed by atoms with E-state index in [4.69, 9.17) is 4.98 Å². The first-order chi connectivity index (χ1) is 10.8.